The first-order chi connectivity index (χ1) is 16.2. The monoisotopic (exact) mass is 450 g/mol. The van der Waals surface area contributed by atoms with Gasteiger partial charge >= 0.3 is 0 Å². The number of aliphatic hydroxyl groups is 1. The first-order valence-electron chi connectivity index (χ1n) is 11.6. The van der Waals surface area contributed by atoms with Gasteiger partial charge in [0.15, 0.2) is 0 Å². The third-order valence-corrected chi connectivity index (χ3v) is 6.33. The van der Waals surface area contributed by atoms with Gasteiger partial charge in [-0.3, -0.25) is 4.98 Å². The van der Waals surface area contributed by atoms with Crippen LogP contribution in [-0.2, 0) is 4.74 Å². The molecule has 9 heteroatoms. The van der Waals surface area contributed by atoms with Crippen LogP contribution in [0.1, 0.15) is 31.5 Å². The molecular weight excluding hydrogens is 420 g/mol. The van der Waals surface area contributed by atoms with Crippen molar-refractivity contribution in [3.05, 3.63) is 42.6 Å². The summed E-state index contributed by atoms with van der Waals surface area (Å²) in [7, 11) is 0. The van der Waals surface area contributed by atoms with Crippen molar-refractivity contribution in [2.24, 2.45) is 0 Å². The van der Waals surface area contributed by atoms with Crippen molar-refractivity contribution < 1.29 is 14.6 Å². The van der Waals surface area contributed by atoms with E-state index in [0.717, 1.165) is 66.3 Å². The zero-order valence-corrected chi connectivity index (χ0v) is 18.9. The molecule has 1 aromatic carbocycles. The van der Waals surface area contributed by atoms with Crippen molar-refractivity contribution in [1.29, 1.82) is 0 Å². The van der Waals surface area contributed by atoms with Crippen LogP contribution >= 0.6 is 0 Å². The predicted molar refractivity (Wildman–Crippen MR) is 126 cm³/mol. The standard InChI is InChI=1S/C24H30N6O3/c1-16-25-7-6-23(28-16)29-17-2-4-19(5-3-17)33-22-13-18(12-21-24(22)27-9-8-26-21)30-10-11-32-20(14-30)15-31/h6-9,12-13,17,19-20,31H,2-5,10-11,14-15H2,1H3,(H,25,28,29)/t17?,19?,20-/m0/s1. The molecule has 1 saturated heterocycles. The molecule has 2 N–H and O–H groups in total. The zero-order chi connectivity index (χ0) is 22.6. The topological polar surface area (TPSA) is 106 Å². The second kappa shape index (κ2) is 9.84. The van der Waals surface area contributed by atoms with Gasteiger partial charge < -0.3 is 24.8 Å². The molecule has 1 atom stereocenters. The molecule has 0 amide bonds. The number of rotatable bonds is 6. The number of ether oxygens (including phenoxy) is 2. The molecule has 9 nitrogen and oxygen atoms in total. The van der Waals surface area contributed by atoms with E-state index < -0.39 is 0 Å². The number of anilines is 2. The maximum atomic E-state index is 9.52. The van der Waals surface area contributed by atoms with Crippen molar-refractivity contribution in [2.45, 2.75) is 50.9 Å². The Morgan fingerprint density at radius 1 is 1.12 bits per heavy atom. The summed E-state index contributed by atoms with van der Waals surface area (Å²) in [4.78, 5) is 19.9. The molecule has 174 valence electrons. The average molecular weight is 451 g/mol. The van der Waals surface area contributed by atoms with Gasteiger partial charge in [0.1, 0.15) is 22.9 Å². The highest BCUT2D eigenvalue weighted by atomic mass is 16.5. The van der Waals surface area contributed by atoms with Gasteiger partial charge in [-0.1, -0.05) is 0 Å². The number of fused-ring (bicyclic) bond motifs is 1. The molecule has 0 radical (unpaired) electrons. The minimum absolute atomic E-state index is 0.0130. The molecule has 0 unspecified atom stereocenters. The van der Waals surface area contributed by atoms with Crippen LogP contribution in [0.25, 0.3) is 11.0 Å². The number of aromatic nitrogens is 4. The van der Waals surface area contributed by atoms with Gasteiger partial charge in [-0.15, -0.1) is 0 Å². The summed E-state index contributed by atoms with van der Waals surface area (Å²) in [5.41, 5.74) is 2.62. The Morgan fingerprint density at radius 3 is 2.79 bits per heavy atom. The van der Waals surface area contributed by atoms with Crippen LogP contribution in [0.4, 0.5) is 11.5 Å². The number of nitrogens with zero attached hydrogens (tertiary/aromatic N) is 5. The molecule has 33 heavy (non-hydrogen) atoms. The van der Waals surface area contributed by atoms with Gasteiger partial charge in [0.2, 0.25) is 0 Å². The van der Waals surface area contributed by atoms with Crippen molar-refractivity contribution in [3.63, 3.8) is 0 Å². The van der Waals surface area contributed by atoms with E-state index in [9.17, 15) is 5.11 Å². The fourth-order valence-electron chi connectivity index (χ4n) is 4.62. The normalized spacial score (nSPS) is 23.5. The first-order valence-corrected chi connectivity index (χ1v) is 11.6. The lowest BCUT2D eigenvalue weighted by molar-refractivity contribution is 0.00356. The van der Waals surface area contributed by atoms with E-state index in [0.29, 0.717) is 19.2 Å². The highest BCUT2D eigenvalue weighted by molar-refractivity contribution is 5.85. The molecule has 1 aliphatic carbocycles. The van der Waals surface area contributed by atoms with Crippen molar-refractivity contribution in [1.82, 2.24) is 19.9 Å². The maximum absolute atomic E-state index is 9.52. The minimum Gasteiger partial charge on any atom is -0.488 e. The molecule has 1 aliphatic heterocycles. The Kier molecular flexibility index (Phi) is 6.50. The van der Waals surface area contributed by atoms with E-state index in [-0.39, 0.29) is 18.8 Å². The second-order valence-corrected chi connectivity index (χ2v) is 8.71. The Labute approximate surface area is 193 Å². The van der Waals surface area contributed by atoms with Crippen LogP contribution in [0.2, 0.25) is 0 Å². The van der Waals surface area contributed by atoms with Gasteiger partial charge in [0.25, 0.3) is 0 Å². The van der Waals surface area contributed by atoms with E-state index in [1.54, 1.807) is 18.6 Å². The summed E-state index contributed by atoms with van der Waals surface area (Å²) >= 11 is 0. The lowest BCUT2D eigenvalue weighted by Crippen LogP contribution is -2.44. The van der Waals surface area contributed by atoms with Gasteiger partial charge in [-0.2, -0.15) is 0 Å². The molecule has 5 rings (SSSR count). The number of aryl methyl sites for hydroxylation is 1. The summed E-state index contributed by atoms with van der Waals surface area (Å²) < 4.78 is 12.1. The predicted octanol–water partition coefficient (Wildman–Crippen LogP) is 2.73. The number of nitrogens with one attached hydrogen (secondary N) is 1. The third kappa shape index (κ3) is 5.15. The summed E-state index contributed by atoms with van der Waals surface area (Å²) in [6, 6.07) is 6.40. The van der Waals surface area contributed by atoms with Crippen molar-refractivity contribution in [3.8, 4) is 5.75 Å². The highest BCUT2D eigenvalue weighted by Gasteiger charge is 2.25. The first kappa shape index (κ1) is 21.8. The number of hydrogen-bond donors (Lipinski definition) is 2. The molecular formula is C24H30N6O3. The summed E-state index contributed by atoms with van der Waals surface area (Å²) in [5, 5.41) is 13.0. The lowest BCUT2D eigenvalue weighted by Gasteiger charge is -2.34. The number of benzene rings is 1. The van der Waals surface area contributed by atoms with E-state index >= 15 is 0 Å². The Bertz CT molecular complexity index is 1090. The van der Waals surface area contributed by atoms with Gasteiger partial charge in [0.05, 0.1) is 30.9 Å². The quantitative estimate of drug-likeness (QED) is 0.586. The van der Waals surface area contributed by atoms with Crippen LogP contribution in [0.5, 0.6) is 5.75 Å². The molecule has 2 fully saturated rings. The summed E-state index contributed by atoms with van der Waals surface area (Å²) in [6.45, 7) is 3.90. The van der Waals surface area contributed by atoms with Gasteiger partial charge in [-0.05, 0) is 44.7 Å². The largest absolute Gasteiger partial charge is 0.488 e. The Morgan fingerprint density at radius 2 is 1.97 bits per heavy atom. The fourth-order valence-corrected chi connectivity index (χ4v) is 4.62. The van der Waals surface area contributed by atoms with Crippen LogP contribution < -0.4 is 15.0 Å². The molecule has 2 aliphatic rings. The van der Waals surface area contributed by atoms with Crippen LogP contribution in [-0.4, -0.2) is 69.6 Å². The van der Waals surface area contributed by atoms with Crippen LogP contribution in [0.3, 0.4) is 0 Å². The fraction of sp³-hybridized carbons (Fsp3) is 0.500. The molecule has 3 aromatic rings. The third-order valence-electron chi connectivity index (χ3n) is 6.33. The zero-order valence-electron chi connectivity index (χ0n) is 18.9. The molecule has 0 spiro atoms. The minimum atomic E-state index is -0.179. The summed E-state index contributed by atoms with van der Waals surface area (Å²) in [5.74, 6) is 2.42. The van der Waals surface area contributed by atoms with Crippen LogP contribution in [0.15, 0.2) is 36.8 Å². The van der Waals surface area contributed by atoms with Crippen LogP contribution in [0, 0.1) is 6.92 Å². The van der Waals surface area contributed by atoms with E-state index in [1.807, 2.05) is 19.1 Å². The molecule has 1 saturated carbocycles. The molecule has 3 heterocycles. The maximum Gasteiger partial charge on any atom is 0.149 e. The Hall–Kier alpha value is -3.04. The second-order valence-electron chi connectivity index (χ2n) is 8.71. The van der Waals surface area contributed by atoms with Gasteiger partial charge in [0, 0.05) is 49.5 Å². The molecule has 0 bridgehead atoms. The van der Waals surface area contributed by atoms with Crippen molar-refractivity contribution >= 4 is 22.5 Å². The Balaban J connectivity index is 1.28. The number of hydrogen-bond acceptors (Lipinski definition) is 9. The number of aliphatic hydroxyl groups excluding tert-OH is 1. The lowest BCUT2D eigenvalue weighted by atomic mass is 9.93. The van der Waals surface area contributed by atoms with Crippen molar-refractivity contribution in [2.75, 3.05) is 36.5 Å². The van der Waals surface area contributed by atoms with Gasteiger partial charge in [-0.25, -0.2) is 15.0 Å². The van der Waals surface area contributed by atoms with E-state index in [1.165, 1.54) is 0 Å². The smallest absolute Gasteiger partial charge is 0.149 e. The average Bonchev–Trinajstić information content (AvgIpc) is 2.85. The highest BCUT2D eigenvalue weighted by Crippen LogP contribution is 2.33. The molecule has 2 aromatic heterocycles. The SMILES string of the molecule is Cc1nccc(NC2CCC(Oc3cc(N4CCO[C@H](CO)C4)cc4nccnc34)CC2)n1. The summed E-state index contributed by atoms with van der Waals surface area (Å²) in [6.07, 6.45) is 9.09. The number of morpholine rings is 1. The van der Waals surface area contributed by atoms with E-state index in [2.05, 4.69) is 36.2 Å². The van der Waals surface area contributed by atoms with E-state index in [4.69, 9.17) is 9.47 Å².